The summed E-state index contributed by atoms with van der Waals surface area (Å²) in [6, 6.07) is 60.8. The average Bonchev–Trinajstić information content (AvgIpc) is 3.46. The molecule has 0 aliphatic carbocycles. The second-order valence-corrected chi connectivity index (χ2v) is 14.3. The van der Waals surface area contributed by atoms with Gasteiger partial charge in [-0.2, -0.15) is 0 Å². The van der Waals surface area contributed by atoms with E-state index in [-0.39, 0.29) is 0 Å². The van der Waals surface area contributed by atoms with Crippen molar-refractivity contribution in [2.45, 2.75) is 0 Å². The van der Waals surface area contributed by atoms with Gasteiger partial charge < -0.3 is 4.57 Å². The lowest BCUT2D eigenvalue weighted by Crippen LogP contribution is -2.33. The van der Waals surface area contributed by atoms with Crippen molar-refractivity contribution >= 4 is 51.1 Å². The van der Waals surface area contributed by atoms with Crippen LogP contribution in [-0.4, -0.2) is 4.57 Å². The fourth-order valence-electron chi connectivity index (χ4n) is 7.10. The predicted octanol–water partition coefficient (Wildman–Crippen LogP) is 10.5. The molecule has 2 heterocycles. The molecule has 1 unspecified atom stereocenters. The number of fused-ring (bicyclic) bond motifs is 6. The summed E-state index contributed by atoms with van der Waals surface area (Å²) in [5.41, 5.74) is 9.75. The van der Waals surface area contributed by atoms with Gasteiger partial charge in [-0.15, -0.1) is 0 Å². The minimum absolute atomic E-state index is 0.821. The van der Waals surface area contributed by atoms with E-state index in [2.05, 4.69) is 131 Å². The van der Waals surface area contributed by atoms with Crippen LogP contribution in [0.4, 0.5) is 11.4 Å². The first-order valence-corrected chi connectivity index (χ1v) is 17.2. The summed E-state index contributed by atoms with van der Waals surface area (Å²) in [6.45, 7) is 0. The molecule has 8 aromatic rings. The number of anilines is 2. The first-order chi connectivity index (χ1) is 22.7. The molecule has 0 radical (unpaired) electrons. The number of nitrogens with zero attached hydrogens (tertiary/aromatic N) is 2. The summed E-state index contributed by atoms with van der Waals surface area (Å²) < 4.78 is 20.0. The number of benzene rings is 7. The van der Waals surface area contributed by atoms with Gasteiger partial charge in [0.2, 0.25) is 7.29 Å². The van der Waals surface area contributed by atoms with Gasteiger partial charge in [-0.3, -0.25) is 9.24 Å². The van der Waals surface area contributed by atoms with E-state index in [9.17, 15) is 0 Å². The highest BCUT2D eigenvalue weighted by Gasteiger charge is 2.42. The zero-order valence-corrected chi connectivity index (χ0v) is 25.9. The van der Waals surface area contributed by atoms with Crippen LogP contribution in [0, 0.1) is 0 Å². The van der Waals surface area contributed by atoms with Gasteiger partial charge in [0.25, 0.3) is 0 Å². The van der Waals surface area contributed by atoms with Crippen molar-refractivity contribution in [2.75, 3.05) is 4.67 Å². The van der Waals surface area contributed by atoms with E-state index >= 15 is 4.57 Å². The van der Waals surface area contributed by atoms with Gasteiger partial charge in [0.05, 0.1) is 16.7 Å². The lowest BCUT2D eigenvalue weighted by atomic mass is 10.0. The highest BCUT2D eigenvalue weighted by Crippen LogP contribution is 2.61. The van der Waals surface area contributed by atoms with Gasteiger partial charge in [-0.25, -0.2) is 0 Å². The Morgan fingerprint density at radius 2 is 1.04 bits per heavy atom. The molecule has 0 saturated heterocycles. The Kier molecular flexibility index (Phi) is 6.09. The fraction of sp³-hybridized carbons (Fsp3) is 0. The van der Waals surface area contributed by atoms with Gasteiger partial charge in [-0.1, -0.05) is 109 Å². The largest absolute Gasteiger partial charge is 0.309 e. The molecule has 1 aromatic heterocycles. The lowest BCUT2D eigenvalue weighted by Gasteiger charge is -2.40. The molecule has 0 fully saturated rings. The highest BCUT2D eigenvalue weighted by atomic mass is 31.2. The lowest BCUT2D eigenvalue weighted by molar-refractivity contribution is 0.587. The molecule has 1 aliphatic rings. The van der Waals surface area contributed by atoms with Gasteiger partial charge >= 0.3 is 0 Å². The van der Waals surface area contributed by atoms with Crippen LogP contribution in [0.1, 0.15) is 0 Å². The fourth-order valence-corrected chi connectivity index (χ4v) is 10.1. The topological polar surface area (TPSA) is 25.2 Å². The quantitative estimate of drug-likeness (QED) is 0.186. The van der Waals surface area contributed by atoms with Crippen molar-refractivity contribution in [1.29, 1.82) is 0 Å². The SMILES string of the molecule is O=P1(c2ccccc2)c2ccccc2-c2ccccc2N1c1ccc(-c2ccc3c(c2)c2ccccc2n3-c2ccccc2)cc1. The van der Waals surface area contributed by atoms with Crippen molar-refractivity contribution in [2.24, 2.45) is 0 Å². The maximum atomic E-state index is 15.6. The summed E-state index contributed by atoms with van der Waals surface area (Å²) in [5.74, 6) is 0. The van der Waals surface area contributed by atoms with Crippen LogP contribution in [0.25, 0.3) is 49.7 Å². The zero-order valence-electron chi connectivity index (χ0n) is 25.0. The predicted molar refractivity (Wildman–Crippen MR) is 194 cm³/mol. The average molecular weight is 609 g/mol. The Labute approximate surface area is 268 Å². The van der Waals surface area contributed by atoms with E-state index in [0.29, 0.717) is 0 Å². The molecule has 0 amide bonds. The molecular weight excluding hydrogens is 579 g/mol. The number of hydrogen-bond donors (Lipinski definition) is 0. The van der Waals surface area contributed by atoms with Gasteiger partial charge in [-0.05, 0) is 83.4 Å². The Hall–Kier alpha value is -5.63. The Balaban J connectivity index is 1.19. The van der Waals surface area contributed by atoms with E-state index in [1.807, 2.05) is 54.6 Å². The smallest absolute Gasteiger partial charge is 0.234 e. The van der Waals surface area contributed by atoms with E-state index < -0.39 is 7.29 Å². The zero-order chi connectivity index (χ0) is 30.7. The summed E-state index contributed by atoms with van der Waals surface area (Å²) in [4.78, 5) is 0. The molecule has 218 valence electrons. The standard InChI is InChI=1S/C42H29N2OP/c45-46(34-15-5-2-6-16-34)42-22-12-9-19-37(42)35-17-8-11-21-41(35)44(46)33-26-23-30(24-27-33)31-25-28-40-38(29-31)36-18-7-10-20-39(36)43(40)32-13-3-1-4-14-32/h1-29H. The number of rotatable bonds is 4. The van der Waals surface area contributed by atoms with Crippen LogP contribution >= 0.6 is 7.29 Å². The molecule has 4 heteroatoms. The molecule has 7 aromatic carbocycles. The van der Waals surface area contributed by atoms with Crippen LogP contribution < -0.4 is 15.3 Å². The summed E-state index contributed by atoms with van der Waals surface area (Å²) in [6.07, 6.45) is 0. The molecule has 0 saturated carbocycles. The monoisotopic (exact) mass is 608 g/mol. The van der Waals surface area contributed by atoms with Gasteiger partial charge in [0, 0.05) is 38.3 Å². The van der Waals surface area contributed by atoms with E-state index in [1.54, 1.807) is 0 Å². The minimum atomic E-state index is -3.26. The van der Waals surface area contributed by atoms with Crippen LogP contribution in [0.15, 0.2) is 176 Å². The summed E-state index contributed by atoms with van der Waals surface area (Å²) in [5, 5.41) is 4.13. The second-order valence-electron chi connectivity index (χ2n) is 11.7. The maximum Gasteiger partial charge on any atom is 0.234 e. The highest BCUT2D eigenvalue weighted by molar-refractivity contribution is 7.80. The molecule has 46 heavy (non-hydrogen) atoms. The third-order valence-corrected chi connectivity index (χ3v) is 12.2. The van der Waals surface area contributed by atoms with Crippen molar-refractivity contribution in [1.82, 2.24) is 4.57 Å². The Bertz CT molecular complexity index is 2450. The molecule has 0 bridgehead atoms. The first-order valence-electron chi connectivity index (χ1n) is 15.6. The van der Waals surface area contributed by atoms with Crippen LogP contribution in [0.2, 0.25) is 0 Å². The Morgan fingerprint density at radius 3 is 1.85 bits per heavy atom. The third-order valence-electron chi connectivity index (χ3n) is 9.17. The van der Waals surface area contributed by atoms with Crippen molar-refractivity contribution in [3.63, 3.8) is 0 Å². The number of hydrogen-bond acceptors (Lipinski definition) is 1. The van der Waals surface area contributed by atoms with Crippen LogP contribution in [-0.2, 0) is 4.57 Å². The molecule has 0 N–H and O–H groups in total. The van der Waals surface area contributed by atoms with Gasteiger partial charge in [0.1, 0.15) is 0 Å². The number of aromatic nitrogens is 1. The van der Waals surface area contributed by atoms with Crippen molar-refractivity contribution < 1.29 is 4.57 Å². The van der Waals surface area contributed by atoms with E-state index in [0.717, 1.165) is 49.9 Å². The number of para-hydroxylation sites is 3. The minimum Gasteiger partial charge on any atom is -0.309 e. The van der Waals surface area contributed by atoms with E-state index in [4.69, 9.17) is 0 Å². The van der Waals surface area contributed by atoms with E-state index in [1.165, 1.54) is 21.8 Å². The first kappa shape index (κ1) is 26.7. The molecule has 3 nitrogen and oxygen atoms in total. The Morgan fingerprint density at radius 1 is 0.435 bits per heavy atom. The molecular formula is C42H29N2OP. The normalized spacial score (nSPS) is 15.5. The maximum absolute atomic E-state index is 15.6. The summed E-state index contributed by atoms with van der Waals surface area (Å²) in [7, 11) is -3.26. The molecule has 9 rings (SSSR count). The molecule has 1 aliphatic heterocycles. The summed E-state index contributed by atoms with van der Waals surface area (Å²) >= 11 is 0. The van der Waals surface area contributed by atoms with Crippen LogP contribution in [0.5, 0.6) is 0 Å². The van der Waals surface area contributed by atoms with Crippen LogP contribution in [0.3, 0.4) is 0 Å². The molecule has 0 spiro atoms. The second kappa shape index (κ2) is 10.5. The third kappa shape index (κ3) is 3.96. The van der Waals surface area contributed by atoms with Gasteiger partial charge in [0.15, 0.2) is 0 Å². The molecule has 1 atom stereocenters. The van der Waals surface area contributed by atoms with Crippen molar-refractivity contribution in [3.8, 4) is 27.9 Å². The van der Waals surface area contributed by atoms with Crippen molar-refractivity contribution in [3.05, 3.63) is 176 Å².